The van der Waals surface area contributed by atoms with Crippen molar-refractivity contribution in [2.75, 3.05) is 6.61 Å². The number of rotatable bonds is 6. The summed E-state index contributed by atoms with van der Waals surface area (Å²) in [5.41, 5.74) is -0.924. The van der Waals surface area contributed by atoms with Gasteiger partial charge < -0.3 is 9.84 Å². The van der Waals surface area contributed by atoms with E-state index < -0.39 is 11.5 Å². The maximum atomic E-state index is 11.4. The van der Waals surface area contributed by atoms with Gasteiger partial charge in [0.1, 0.15) is 5.54 Å². The maximum absolute atomic E-state index is 11.4. The number of aliphatic carboxylic acids is 1. The van der Waals surface area contributed by atoms with Gasteiger partial charge in [-0.15, -0.1) is 0 Å². The summed E-state index contributed by atoms with van der Waals surface area (Å²) in [7, 11) is 0. The molecule has 1 saturated heterocycles. The fourth-order valence-corrected chi connectivity index (χ4v) is 2.69. The van der Waals surface area contributed by atoms with Crippen molar-refractivity contribution < 1.29 is 14.6 Å². The van der Waals surface area contributed by atoms with Gasteiger partial charge in [-0.3, -0.25) is 10.1 Å². The largest absolute Gasteiger partial charge is 0.480 e. The maximum Gasteiger partial charge on any atom is 0.323 e. The molecule has 0 aromatic rings. The van der Waals surface area contributed by atoms with E-state index in [2.05, 4.69) is 19.2 Å². The second-order valence-corrected chi connectivity index (χ2v) is 5.87. The van der Waals surface area contributed by atoms with Crippen LogP contribution < -0.4 is 5.32 Å². The summed E-state index contributed by atoms with van der Waals surface area (Å²) < 4.78 is 5.79. The summed E-state index contributed by atoms with van der Waals surface area (Å²) in [5.74, 6) is -0.756. The summed E-state index contributed by atoms with van der Waals surface area (Å²) in [4.78, 5) is 11.4. The van der Waals surface area contributed by atoms with Gasteiger partial charge in [0.25, 0.3) is 0 Å². The Balaban J connectivity index is 2.67. The van der Waals surface area contributed by atoms with Crippen molar-refractivity contribution in [2.45, 2.75) is 77.0 Å². The van der Waals surface area contributed by atoms with Crippen molar-refractivity contribution in [3.05, 3.63) is 0 Å². The molecule has 0 saturated carbocycles. The van der Waals surface area contributed by atoms with Gasteiger partial charge in [-0.25, -0.2) is 0 Å². The van der Waals surface area contributed by atoms with Crippen LogP contribution in [-0.2, 0) is 9.53 Å². The number of carboxylic acid groups (broad SMARTS) is 1. The van der Waals surface area contributed by atoms with Gasteiger partial charge in [-0.2, -0.15) is 0 Å². The lowest BCUT2D eigenvalue weighted by atomic mass is 9.87. The summed E-state index contributed by atoms with van der Waals surface area (Å²) in [6.07, 6.45) is 4.26. The number of ether oxygens (including phenoxy) is 1. The summed E-state index contributed by atoms with van der Waals surface area (Å²) >= 11 is 0. The molecule has 3 atom stereocenters. The molecular formula is C14H27NO3. The third-order valence-corrected chi connectivity index (χ3v) is 4.09. The van der Waals surface area contributed by atoms with Gasteiger partial charge in [-0.1, -0.05) is 20.3 Å². The first-order valence-electron chi connectivity index (χ1n) is 7.00. The zero-order chi connectivity index (χ0) is 13.8. The normalized spacial score (nSPS) is 31.9. The Bertz CT molecular complexity index is 295. The third kappa shape index (κ3) is 3.69. The molecule has 4 heteroatoms. The first-order valence-corrected chi connectivity index (χ1v) is 7.00. The van der Waals surface area contributed by atoms with Crippen LogP contribution in [0.15, 0.2) is 0 Å². The second-order valence-electron chi connectivity index (χ2n) is 5.87. The van der Waals surface area contributed by atoms with E-state index in [1.54, 1.807) is 6.92 Å². The van der Waals surface area contributed by atoms with Gasteiger partial charge in [0.05, 0.1) is 5.60 Å². The van der Waals surface area contributed by atoms with Crippen LogP contribution in [0.4, 0.5) is 0 Å². The summed E-state index contributed by atoms with van der Waals surface area (Å²) in [5, 5.41) is 12.7. The van der Waals surface area contributed by atoms with E-state index in [1.165, 1.54) is 0 Å². The summed E-state index contributed by atoms with van der Waals surface area (Å²) in [6.45, 7) is 8.74. The Hall–Kier alpha value is -0.610. The minimum absolute atomic E-state index is 0.110. The SMILES string of the molecule is CCCC(C)(NC1CCOC(C)(CC)C1)C(=O)O. The van der Waals surface area contributed by atoms with E-state index in [0.717, 1.165) is 25.7 Å². The molecule has 0 amide bonds. The molecule has 0 bridgehead atoms. The van der Waals surface area contributed by atoms with Crippen molar-refractivity contribution in [1.29, 1.82) is 0 Å². The molecule has 1 aliphatic heterocycles. The highest BCUT2D eigenvalue weighted by molar-refractivity contribution is 5.78. The predicted molar refractivity (Wildman–Crippen MR) is 71.8 cm³/mol. The van der Waals surface area contributed by atoms with Gasteiger partial charge in [0.15, 0.2) is 0 Å². The molecular weight excluding hydrogens is 230 g/mol. The Labute approximate surface area is 110 Å². The quantitative estimate of drug-likeness (QED) is 0.768. The molecule has 0 spiro atoms. The molecule has 0 aromatic heterocycles. The van der Waals surface area contributed by atoms with Crippen LogP contribution in [0, 0.1) is 0 Å². The monoisotopic (exact) mass is 257 g/mol. The first kappa shape index (κ1) is 15.4. The number of carboxylic acids is 1. The minimum atomic E-state index is -0.814. The molecule has 18 heavy (non-hydrogen) atoms. The lowest BCUT2D eigenvalue weighted by molar-refractivity contribution is -0.146. The molecule has 0 aromatic carbocycles. The molecule has 2 N–H and O–H groups in total. The van der Waals surface area contributed by atoms with Crippen molar-refractivity contribution >= 4 is 5.97 Å². The van der Waals surface area contributed by atoms with Crippen LogP contribution in [0.2, 0.25) is 0 Å². The van der Waals surface area contributed by atoms with Crippen LogP contribution in [0.5, 0.6) is 0 Å². The number of hydrogen-bond acceptors (Lipinski definition) is 3. The van der Waals surface area contributed by atoms with Gasteiger partial charge in [0.2, 0.25) is 0 Å². The highest BCUT2D eigenvalue weighted by atomic mass is 16.5. The van der Waals surface area contributed by atoms with Crippen molar-refractivity contribution in [1.82, 2.24) is 5.32 Å². The van der Waals surface area contributed by atoms with E-state index in [9.17, 15) is 9.90 Å². The fraction of sp³-hybridized carbons (Fsp3) is 0.929. The van der Waals surface area contributed by atoms with Gasteiger partial charge in [0, 0.05) is 12.6 Å². The lowest BCUT2D eigenvalue weighted by Crippen LogP contribution is -2.57. The van der Waals surface area contributed by atoms with E-state index in [4.69, 9.17) is 4.74 Å². The average Bonchev–Trinajstić information content (AvgIpc) is 2.29. The smallest absolute Gasteiger partial charge is 0.323 e. The van der Waals surface area contributed by atoms with E-state index in [0.29, 0.717) is 13.0 Å². The van der Waals surface area contributed by atoms with Crippen LogP contribution in [0.1, 0.15) is 59.8 Å². The van der Waals surface area contributed by atoms with E-state index in [-0.39, 0.29) is 11.6 Å². The highest BCUT2D eigenvalue weighted by Crippen LogP contribution is 2.29. The van der Waals surface area contributed by atoms with Crippen LogP contribution in [0.3, 0.4) is 0 Å². The lowest BCUT2D eigenvalue weighted by Gasteiger charge is -2.41. The van der Waals surface area contributed by atoms with Crippen LogP contribution >= 0.6 is 0 Å². The summed E-state index contributed by atoms with van der Waals surface area (Å²) in [6, 6.07) is 0.233. The fourth-order valence-electron chi connectivity index (χ4n) is 2.69. The molecule has 0 radical (unpaired) electrons. The first-order chi connectivity index (χ1) is 8.35. The number of carbonyl (C=O) groups is 1. The van der Waals surface area contributed by atoms with Gasteiger partial charge >= 0.3 is 5.97 Å². The molecule has 1 heterocycles. The molecule has 1 aliphatic rings. The number of nitrogens with one attached hydrogen (secondary N) is 1. The Morgan fingerprint density at radius 1 is 1.56 bits per heavy atom. The number of hydrogen-bond donors (Lipinski definition) is 2. The molecule has 1 fully saturated rings. The van der Waals surface area contributed by atoms with Gasteiger partial charge in [-0.05, 0) is 39.5 Å². The van der Waals surface area contributed by atoms with E-state index >= 15 is 0 Å². The highest BCUT2D eigenvalue weighted by Gasteiger charge is 2.38. The van der Waals surface area contributed by atoms with E-state index in [1.807, 2.05) is 6.92 Å². The Morgan fingerprint density at radius 3 is 2.72 bits per heavy atom. The molecule has 1 rings (SSSR count). The van der Waals surface area contributed by atoms with Crippen molar-refractivity contribution in [3.63, 3.8) is 0 Å². The zero-order valence-electron chi connectivity index (χ0n) is 12.1. The predicted octanol–water partition coefficient (Wildman–Crippen LogP) is 2.57. The van der Waals surface area contributed by atoms with Crippen LogP contribution in [-0.4, -0.2) is 34.9 Å². The Kier molecular flexibility index (Phi) is 5.17. The van der Waals surface area contributed by atoms with Crippen molar-refractivity contribution in [3.8, 4) is 0 Å². The third-order valence-electron chi connectivity index (χ3n) is 4.09. The molecule has 3 unspecified atom stereocenters. The second kappa shape index (κ2) is 6.02. The van der Waals surface area contributed by atoms with Crippen molar-refractivity contribution in [2.24, 2.45) is 0 Å². The standard InChI is InChI=1S/C14H27NO3/c1-5-8-14(4,12(16)17)15-11-7-9-18-13(3,6-2)10-11/h11,15H,5-10H2,1-4H3,(H,16,17). The molecule has 106 valence electrons. The zero-order valence-corrected chi connectivity index (χ0v) is 12.1. The molecule has 4 nitrogen and oxygen atoms in total. The minimum Gasteiger partial charge on any atom is -0.480 e. The topological polar surface area (TPSA) is 58.6 Å². The van der Waals surface area contributed by atoms with Crippen LogP contribution in [0.25, 0.3) is 0 Å². The Morgan fingerprint density at radius 2 is 2.22 bits per heavy atom. The molecule has 0 aliphatic carbocycles. The average molecular weight is 257 g/mol.